The summed E-state index contributed by atoms with van der Waals surface area (Å²) in [7, 11) is 0. The smallest absolute Gasteiger partial charge is 0.249 e. The molecule has 0 unspecified atom stereocenters. The van der Waals surface area contributed by atoms with Crippen molar-refractivity contribution in [2.45, 2.75) is 62.2 Å². The largest absolute Gasteiger partial charge is 0.310 e. The van der Waals surface area contributed by atoms with Gasteiger partial charge in [0.1, 0.15) is 0 Å². The Morgan fingerprint density at radius 3 is 1.23 bits per heavy atom. The Balaban J connectivity index is 0.968. The summed E-state index contributed by atoms with van der Waals surface area (Å²) >= 11 is 3.85. The van der Waals surface area contributed by atoms with E-state index in [1.54, 1.807) is 0 Å². The van der Waals surface area contributed by atoms with Gasteiger partial charge in [0.15, 0.2) is 0 Å². The zero-order chi connectivity index (χ0) is 66.2. The van der Waals surface area contributed by atoms with Gasteiger partial charge in [0.05, 0.1) is 5.69 Å². The Bertz CT molecular complexity index is 5260. The normalized spacial score (nSPS) is 12.5. The number of rotatable bonds is 12. The minimum absolute atomic E-state index is 0.0281. The molecule has 0 saturated heterocycles. The van der Waals surface area contributed by atoms with Crippen LogP contribution in [0.25, 0.3) is 75.8 Å². The topological polar surface area (TPSA) is 9.72 Å². The molecule has 14 aromatic carbocycles. The van der Waals surface area contributed by atoms with Crippen molar-refractivity contribution in [3.8, 4) is 55.6 Å². The molecule has 0 atom stereocenters. The van der Waals surface area contributed by atoms with Crippen LogP contribution in [0.15, 0.2) is 337 Å². The number of nitrogens with zero attached hydrogens (tertiary/aromatic N) is 3. The predicted molar refractivity (Wildman–Crippen MR) is 423 cm³/mol. The summed E-state index contributed by atoms with van der Waals surface area (Å²) in [5, 5.41) is 2.58. The Morgan fingerprint density at radius 2 is 0.745 bits per heavy atom. The van der Waals surface area contributed by atoms with Crippen molar-refractivity contribution in [2.24, 2.45) is 0 Å². The minimum atomic E-state index is -0.152. The monoisotopic (exact) mass is 1290 g/mol. The maximum Gasteiger partial charge on any atom is 0.249 e. The Kier molecular flexibility index (Phi) is 15.3. The molecule has 0 N–H and O–H groups in total. The van der Waals surface area contributed by atoms with Crippen molar-refractivity contribution < 1.29 is 0 Å². The summed E-state index contributed by atoms with van der Waals surface area (Å²) in [6.07, 6.45) is 0. The summed E-state index contributed by atoms with van der Waals surface area (Å²) in [4.78, 5) is 10.1. The molecule has 0 saturated carbocycles. The van der Waals surface area contributed by atoms with Crippen LogP contribution in [-0.4, -0.2) is 6.71 Å². The molecule has 0 fully saturated rings. The number of anilines is 9. The lowest BCUT2D eigenvalue weighted by Crippen LogP contribution is -2.60. The van der Waals surface area contributed by atoms with Crippen molar-refractivity contribution in [1.29, 1.82) is 0 Å². The maximum absolute atomic E-state index is 2.68. The van der Waals surface area contributed by atoms with Gasteiger partial charge in [-0.1, -0.05) is 277 Å². The molecule has 6 heteroatoms. The first kappa shape index (κ1) is 60.8. The van der Waals surface area contributed by atoms with Crippen molar-refractivity contribution in [3.63, 3.8) is 0 Å². The molecule has 0 radical (unpaired) electrons. The third-order valence-electron chi connectivity index (χ3n) is 19.8. The maximum atomic E-state index is 2.68. The van der Waals surface area contributed by atoms with Crippen LogP contribution < -0.4 is 31.1 Å². The van der Waals surface area contributed by atoms with E-state index in [0.29, 0.717) is 0 Å². The number of thiophene rings is 1. The fraction of sp³-hybridized carbons (Fsp3) is 0.0870. The van der Waals surface area contributed by atoms with E-state index in [1.165, 1.54) is 90.9 Å². The third kappa shape index (κ3) is 11.0. The van der Waals surface area contributed by atoms with E-state index in [-0.39, 0.29) is 17.5 Å². The molecule has 15 aromatic rings. The van der Waals surface area contributed by atoms with E-state index in [1.807, 2.05) is 23.1 Å². The zero-order valence-electron chi connectivity index (χ0n) is 55.9. The Morgan fingerprint density at radius 1 is 0.316 bits per heavy atom. The molecule has 0 spiro atoms. The van der Waals surface area contributed by atoms with Crippen LogP contribution >= 0.6 is 23.1 Å². The van der Waals surface area contributed by atoms with E-state index >= 15 is 0 Å². The summed E-state index contributed by atoms with van der Waals surface area (Å²) in [5.74, 6) is 0. The quantitative estimate of drug-likeness (QED) is 0.113. The van der Waals surface area contributed by atoms with Crippen LogP contribution in [0.5, 0.6) is 0 Å². The molecule has 3 heterocycles. The van der Waals surface area contributed by atoms with Gasteiger partial charge in [0.2, 0.25) is 6.71 Å². The predicted octanol–water partition coefficient (Wildman–Crippen LogP) is 24.7. The number of hydrogen-bond acceptors (Lipinski definition) is 5. The van der Waals surface area contributed by atoms with E-state index in [2.05, 4.69) is 384 Å². The van der Waals surface area contributed by atoms with Crippen molar-refractivity contribution in [3.05, 3.63) is 339 Å². The average Bonchev–Trinajstić information content (AvgIpc) is 0.933. The highest BCUT2D eigenvalue weighted by molar-refractivity contribution is 8.00. The summed E-state index contributed by atoms with van der Waals surface area (Å²) in [6.45, 7) is 13.7. The van der Waals surface area contributed by atoms with Gasteiger partial charge in [0.25, 0.3) is 0 Å². The number of hydrogen-bond donors (Lipinski definition) is 0. The first-order chi connectivity index (χ1) is 47.9. The first-order valence-corrected chi connectivity index (χ1v) is 35.7. The van der Waals surface area contributed by atoms with Crippen LogP contribution in [0.3, 0.4) is 0 Å². The third-order valence-corrected chi connectivity index (χ3v) is 22.1. The molecule has 2 aliphatic heterocycles. The molecule has 1 aromatic heterocycles. The molecular formula is C92H72BN3S2. The molecule has 3 nitrogen and oxygen atoms in total. The van der Waals surface area contributed by atoms with Crippen molar-refractivity contribution in [2.75, 3.05) is 14.7 Å². The highest BCUT2D eigenvalue weighted by Crippen LogP contribution is 2.54. The van der Waals surface area contributed by atoms with Gasteiger partial charge < -0.3 is 14.7 Å². The highest BCUT2D eigenvalue weighted by atomic mass is 32.2. The zero-order valence-corrected chi connectivity index (χ0v) is 57.5. The van der Waals surface area contributed by atoms with Gasteiger partial charge in [-0.15, -0.1) is 11.3 Å². The first-order valence-electron chi connectivity index (χ1n) is 34.1. The minimum Gasteiger partial charge on any atom is -0.310 e. The van der Waals surface area contributed by atoms with Gasteiger partial charge in [-0.05, 0) is 187 Å². The molecule has 17 rings (SSSR count). The molecule has 0 amide bonds. The lowest BCUT2D eigenvalue weighted by atomic mass is 9.34. The molecule has 98 heavy (non-hydrogen) atoms. The van der Waals surface area contributed by atoms with Gasteiger partial charge in [-0.25, -0.2) is 0 Å². The number of benzene rings is 14. The van der Waals surface area contributed by atoms with Gasteiger partial charge in [-0.2, -0.15) is 0 Å². The van der Waals surface area contributed by atoms with E-state index < -0.39 is 0 Å². The van der Waals surface area contributed by atoms with E-state index in [0.717, 1.165) is 73.4 Å². The molecule has 2 aliphatic rings. The molecule has 470 valence electrons. The number of para-hydroxylation sites is 5. The summed E-state index contributed by atoms with van der Waals surface area (Å²) in [6, 6.07) is 123. The SMILES string of the molecule is CC(C)(C)c1ccc(-c2cccc(-c3ccc(C(C)(C)C)cc3)c2N2c3cc(N(c4ccccc4)c4ccccc4)ccc3B3c4ccc5sc6ccc(-c7cc(-c8ccccc8)cc(-c8ccccc8)c7)cc6c5c4Sc4cc(N(c5ccccc5)c5ccccc5)cc2c43)cc1. The second kappa shape index (κ2) is 24.6. The lowest BCUT2D eigenvalue weighted by Gasteiger charge is -2.43. The van der Waals surface area contributed by atoms with Crippen molar-refractivity contribution >= 4 is 118 Å². The van der Waals surface area contributed by atoms with Crippen LogP contribution in [-0.2, 0) is 10.8 Å². The van der Waals surface area contributed by atoms with Gasteiger partial charge in [0, 0.05) is 86.6 Å². The van der Waals surface area contributed by atoms with Crippen molar-refractivity contribution in [1.82, 2.24) is 0 Å². The molecule has 0 bridgehead atoms. The summed E-state index contributed by atoms with van der Waals surface area (Å²) in [5.41, 5.74) is 28.1. The number of fused-ring (bicyclic) bond motifs is 8. The Hall–Kier alpha value is -10.9. The highest BCUT2D eigenvalue weighted by Gasteiger charge is 2.44. The molecule has 0 aliphatic carbocycles. The summed E-state index contributed by atoms with van der Waals surface area (Å²) < 4.78 is 2.56. The van der Waals surface area contributed by atoms with E-state index in [4.69, 9.17) is 0 Å². The van der Waals surface area contributed by atoms with Gasteiger partial charge >= 0.3 is 0 Å². The van der Waals surface area contributed by atoms with E-state index in [9.17, 15) is 0 Å². The van der Waals surface area contributed by atoms with Crippen LogP contribution in [0.2, 0.25) is 0 Å². The van der Waals surface area contributed by atoms with Crippen LogP contribution in [0.1, 0.15) is 52.7 Å². The second-order valence-corrected chi connectivity index (χ2v) is 30.2. The van der Waals surface area contributed by atoms with Gasteiger partial charge in [-0.3, -0.25) is 0 Å². The Labute approximate surface area is 584 Å². The second-order valence-electron chi connectivity index (χ2n) is 28.1. The standard InChI is InChI=1S/C92H72BN3S2/c1-91(2,3)69-45-40-63(41-46-69)77-38-25-39-78(64-42-47-70(48-43-64)92(4,5)6)89(77)96-82-58-75(94(71-30-17-9-18-31-71)72-32-19-10-20-33-72)49-50-80(82)93-81-51-53-85-87(90(81)98-86-60-76(59-83(96)88(86)93)95(73-34-21-11-22-35-73)74-36-23-12-24-37-74)79-57-65(44-52-84(79)97-85)68-55-66(61-26-13-7-14-27-61)54-67(56-68)62-28-15-8-16-29-62/h7-60H,1-6H3. The van der Waals surface area contributed by atoms with Crippen LogP contribution in [0.4, 0.5) is 51.2 Å². The average molecular weight is 1290 g/mol. The lowest BCUT2D eigenvalue weighted by molar-refractivity contribution is 0.590. The van der Waals surface area contributed by atoms with Crippen LogP contribution in [0, 0.1) is 0 Å². The molecular weight excluding hydrogens is 1220 g/mol. The fourth-order valence-corrected chi connectivity index (χ4v) is 17.4. The fourth-order valence-electron chi connectivity index (χ4n) is 14.9.